The molecule has 0 unspecified atom stereocenters. The number of hydrogen-bond acceptors (Lipinski definition) is 6. The van der Waals surface area contributed by atoms with Crippen LogP contribution in [0.25, 0.3) is 0 Å². The first kappa shape index (κ1) is 12.9. The van der Waals surface area contributed by atoms with E-state index >= 15 is 0 Å². The molecule has 2 heterocycles. The molecule has 1 saturated heterocycles. The number of carboxylic acids is 1. The van der Waals surface area contributed by atoms with Gasteiger partial charge < -0.3 is 10.0 Å². The summed E-state index contributed by atoms with van der Waals surface area (Å²) in [4.78, 5) is 16.4. The van der Waals surface area contributed by atoms with Gasteiger partial charge in [0.15, 0.2) is 5.82 Å². The van der Waals surface area contributed by atoms with Gasteiger partial charge in [-0.15, -0.1) is 10.2 Å². The molecule has 100 valence electrons. The molecule has 0 spiro atoms. The lowest BCUT2D eigenvalue weighted by Gasteiger charge is -2.33. The Balaban J connectivity index is 1.71. The molecule has 1 aliphatic heterocycles. The van der Waals surface area contributed by atoms with Gasteiger partial charge in [0.05, 0.1) is 20.0 Å². The van der Waals surface area contributed by atoms with Gasteiger partial charge in [0.2, 0.25) is 0 Å². The Morgan fingerprint density at radius 1 is 1.28 bits per heavy atom. The van der Waals surface area contributed by atoms with Crippen LogP contribution in [0.2, 0.25) is 0 Å². The monoisotopic (exact) mass is 254 g/mol. The Hall–Kier alpha value is -1.54. The average Bonchev–Trinajstić information content (AvgIpc) is 2.74. The maximum Gasteiger partial charge on any atom is 0.304 e. The van der Waals surface area contributed by atoms with Crippen LogP contribution < -0.4 is 0 Å². The number of tetrazole rings is 1. The van der Waals surface area contributed by atoms with Gasteiger partial charge in [0.1, 0.15) is 0 Å². The van der Waals surface area contributed by atoms with Crippen LogP contribution in [0.3, 0.4) is 0 Å². The summed E-state index contributed by atoms with van der Waals surface area (Å²) in [5.41, 5.74) is 0. The zero-order valence-corrected chi connectivity index (χ0v) is 10.5. The second kappa shape index (κ2) is 5.87. The molecule has 1 aliphatic rings. The molecule has 0 aromatic carbocycles. The van der Waals surface area contributed by atoms with E-state index in [4.69, 9.17) is 5.11 Å². The smallest absolute Gasteiger partial charge is 0.304 e. The molecular weight excluding hydrogens is 236 g/mol. The summed E-state index contributed by atoms with van der Waals surface area (Å²) in [6.07, 6.45) is 0.214. The zero-order valence-electron chi connectivity index (χ0n) is 10.5. The molecule has 1 aromatic heterocycles. The van der Waals surface area contributed by atoms with Crippen molar-refractivity contribution in [3.8, 4) is 0 Å². The first-order chi connectivity index (χ1) is 8.63. The lowest BCUT2D eigenvalue weighted by Crippen LogP contribution is -2.46. The molecule has 8 heteroatoms. The third-order valence-corrected chi connectivity index (χ3v) is 3.02. The fourth-order valence-corrected chi connectivity index (χ4v) is 2.01. The molecule has 1 aromatic rings. The van der Waals surface area contributed by atoms with Crippen LogP contribution >= 0.6 is 0 Å². The third-order valence-electron chi connectivity index (χ3n) is 3.02. The van der Waals surface area contributed by atoms with Gasteiger partial charge in [-0.25, -0.2) is 0 Å². The molecule has 18 heavy (non-hydrogen) atoms. The number of piperazine rings is 1. The van der Waals surface area contributed by atoms with Gasteiger partial charge in [-0.05, 0) is 5.21 Å². The van der Waals surface area contributed by atoms with E-state index in [9.17, 15) is 4.79 Å². The predicted octanol–water partition coefficient (Wildman–Crippen LogP) is -1.20. The summed E-state index contributed by atoms with van der Waals surface area (Å²) in [6, 6.07) is 0. The topological polar surface area (TPSA) is 87.4 Å². The molecule has 0 bridgehead atoms. The highest BCUT2D eigenvalue weighted by Gasteiger charge is 2.18. The number of aromatic nitrogens is 4. The first-order valence-corrected chi connectivity index (χ1v) is 6.03. The summed E-state index contributed by atoms with van der Waals surface area (Å²) < 4.78 is 0. The van der Waals surface area contributed by atoms with Crippen molar-refractivity contribution in [2.75, 3.05) is 32.7 Å². The van der Waals surface area contributed by atoms with Crippen LogP contribution in [-0.4, -0.2) is 73.8 Å². The second-order valence-electron chi connectivity index (χ2n) is 4.46. The maximum absolute atomic E-state index is 10.5. The van der Waals surface area contributed by atoms with E-state index in [1.807, 2.05) is 0 Å². The van der Waals surface area contributed by atoms with Gasteiger partial charge in [0.25, 0.3) is 0 Å². The Morgan fingerprint density at radius 2 is 1.94 bits per heavy atom. The van der Waals surface area contributed by atoms with Gasteiger partial charge in [-0.2, -0.15) is 4.80 Å². The van der Waals surface area contributed by atoms with Crippen molar-refractivity contribution < 1.29 is 9.90 Å². The van der Waals surface area contributed by atoms with Crippen LogP contribution in [0.5, 0.6) is 0 Å². The molecule has 8 nitrogen and oxygen atoms in total. The lowest BCUT2D eigenvalue weighted by atomic mass is 10.3. The summed E-state index contributed by atoms with van der Waals surface area (Å²) in [7, 11) is 1.75. The van der Waals surface area contributed by atoms with E-state index in [2.05, 4.69) is 25.2 Å². The molecule has 1 fully saturated rings. The van der Waals surface area contributed by atoms with Crippen molar-refractivity contribution in [3.63, 3.8) is 0 Å². The molecule has 0 saturated carbocycles. The first-order valence-electron chi connectivity index (χ1n) is 6.03. The van der Waals surface area contributed by atoms with E-state index in [-0.39, 0.29) is 6.42 Å². The highest BCUT2D eigenvalue weighted by molar-refractivity contribution is 5.66. The van der Waals surface area contributed by atoms with Crippen molar-refractivity contribution >= 4 is 5.97 Å². The van der Waals surface area contributed by atoms with Crippen molar-refractivity contribution in [2.24, 2.45) is 7.05 Å². The molecule has 1 N–H and O–H groups in total. The fourth-order valence-electron chi connectivity index (χ4n) is 2.01. The molecule has 2 rings (SSSR count). The second-order valence-corrected chi connectivity index (χ2v) is 4.46. The lowest BCUT2D eigenvalue weighted by molar-refractivity contribution is -0.137. The summed E-state index contributed by atoms with van der Waals surface area (Å²) in [6.45, 7) is 4.96. The summed E-state index contributed by atoms with van der Waals surface area (Å²) in [5, 5.41) is 20.5. The molecule has 0 radical (unpaired) electrons. The normalized spacial score (nSPS) is 18.1. The van der Waals surface area contributed by atoms with Crippen LogP contribution in [-0.2, 0) is 18.4 Å². The molecule has 0 amide bonds. The number of rotatable bonds is 5. The van der Waals surface area contributed by atoms with E-state index in [0.717, 1.165) is 32.0 Å². The van der Waals surface area contributed by atoms with Gasteiger partial charge >= 0.3 is 5.97 Å². The minimum atomic E-state index is -0.735. The zero-order chi connectivity index (χ0) is 13.0. The SMILES string of the molecule is Cn1nnc(CN2CCN(CCC(=O)O)CC2)n1. The van der Waals surface area contributed by atoms with Gasteiger partial charge in [-0.1, -0.05) is 0 Å². The van der Waals surface area contributed by atoms with E-state index in [0.29, 0.717) is 13.1 Å². The van der Waals surface area contributed by atoms with Crippen LogP contribution in [0.15, 0.2) is 0 Å². The number of carbonyl (C=O) groups is 1. The summed E-state index contributed by atoms with van der Waals surface area (Å²) in [5.74, 6) is -0.00215. The van der Waals surface area contributed by atoms with Gasteiger partial charge in [-0.3, -0.25) is 9.69 Å². The minimum Gasteiger partial charge on any atom is -0.481 e. The molecular formula is C10H18N6O2. The fraction of sp³-hybridized carbons (Fsp3) is 0.800. The third kappa shape index (κ3) is 3.74. The van der Waals surface area contributed by atoms with Crippen molar-refractivity contribution in [1.82, 2.24) is 30.0 Å². The minimum absolute atomic E-state index is 0.214. The quantitative estimate of drug-likeness (QED) is 0.706. The average molecular weight is 254 g/mol. The van der Waals surface area contributed by atoms with Crippen molar-refractivity contribution in [2.45, 2.75) is 13.0 Å². The van der Waals surface area contributed by atoms with E-state index < -0.39 is 5.97 Å². The number of aryl methyl sites for hydroxylation is 1. The molecule has 0 aliphatic carbocycles. The number of carboxylic acid groups (broad SMARTS) is 1. The maximum atomic E-state index is 10.5. The highest BCUT2D eigenvalue weighted by Crippen LogP contribution is 2.05. The van der Waals surface area contributed by atoms with Crippen molar-refractivity contribution in [3.05, 3.63) is 5.82 Å². The predicted molar refractivity (Wildman–Crippen MR) is 62.8 cm³/mol. The van der Waals surface area contributed by atoms with Crippen LogP contribution in [0.1, 0.15) is 12.2 Å². The van der Waals surface area contributed by atoms with E-state index in [1.165, 1.54) is 4.80 Å². The van der Waals surface area contributed by atoms with Crippen LogP contribution in [0, 0.1) is 0 Å². The number of nitrogens with zero attached hydrogens (tertiary/aromatic N) is 6. The Labute approximate surface area is 105 Å². The number of aliphatic carboxylic acids is 1. The molecule has 0 atom stereocenters. The van der Waals surface area contributed by atoms with Crippen LogP contribution in [0.4, 0.5) is 0 Å². The van der Waals surface area contributed by atoms with Gasteiger partial charge in [0, 0.05) is 32.7 Å². The summed E-state index contributed by atoms with van der Waals surface area (Å²) >= 11 is 0. The Bertz CT molecular complexity index is 399. The largest absolute Gasteiger partial charge is 0.481 e. The Morgan fingerprint density at radius 3 is 2.50 bits per heavy atom. The van der Waals surface area contributed by atoms with E-state index in [1.54, 1.807) is 7.05 Å². The van der Waals surface area contributed by atoms with Crippen molar-refractivity contribution in [1.29, 1.82) is 0 Å². The number of hydrogen-bond donors (Lipinski definition) is 1. The Kier molecular flexibility index (Phi) is 4.21. The highest BCUT2D eigenvalue weighted by atomic mass is 16.4. The standard InChI is InChI=1S/C10H18N6O2/c1-14-12-9(11-13-14)8-16-6-4-15(5-7-16)3-2-10(17)18/h2-8H2,1H3,(H,17,18).